The van der Waals surface area contributed by atoms with Crippen molar-refractivity contribution >= 4 is 21.1 Å². The van der Waals surface area contributed by atoms with Crippen LogP contribution >= 0.6 is 0 Å². The van der Waals surface area contributed by atoms with E-state index in [9.17, 15) is 13.2 Å². The third-order valence-electron chi connectivity index (χ3n) is 5.34. The molecule has 27 heavy (non-hydrogen) atoms. The van der Waals surface area contributed by atoms with E-state index in [0.29, 0.717) is 25.2 Å². The molecule has 1 saturated heterocycles. The molecule has 1 fully saturated rings. The number of rotatable bonds is 4. The van der Waals surface area contributed by atoms with E-state index >= 15 is 0 Å². The van der Waals surface area contributed by atoms with Crippen LogP contribution in [0.4, 0.5) is 0 Å². The van der Waals surface area contributed by atoms with Crippen LogP contribution in [-0.2, 0) is 17.1 Å². The zero-order chi connectivity index (χ0) is 19.2. The van der Waals surface area contributed by atoms with Gasteiger partial charge in [0.15, 0.2) is 5.58 Å². The number of sulfonamides is 1. The van der Waals surface area contributed by atoms with Crippen LogP contribution in [0, 0.1) is 5.92 Å². The lowest BCUT2D eigenvalue weighted by atomic mass is 9.89. The fourth-order valence-corrected chi connectivity index (χ4v) is 5.31. The number of oxazole rings is 1. The first-order chi connectivity index (χ1) is 12.9. The molecule has 0 saturated carbocycles. The van der Waals surface area contributed by atoms with E-state index in [0.717, 1.165) is 5.56 Å². The van der Waals surface area contributed by atoms with Crippen LogP contribution in [0.25, 0.3) is 11.1 Å². The Morgan fingerprint density at radius 3 is 2.59 bits per heavy atom. The Bertz CT molecular complexity index is 1130. The molecule has 1 aliphatic rings. The van der Waals surface area contributed by atoms with E-state index in [-0.39, 0.29) is 22.3 Å². The van der Waals surface area contributed by atoms with Crippen molar-refractivity contribution < 1.29 is 12.8 Å². The average molecular weight is 387 g/mol. The van der Waals surface area contributed by atoms with Gasteiger partial charge in [0.1, 0.15) is 0 Å². The monoisotopic (exact) mass is 387 g/mol. The molecule has 0 aliphatic carbocycles. The molecule has 2 aromatic carbocycles. The normalized spacial score (nSPS) is 21.1. The molecule has 0 unspecified atom stereocenters. The van der Waals surface area contributed by atoms with Crippen molar-refractivity contribution in [3.63, 3.8) is 0 Å². The fourth-order valence-electron chi connectivity index (χ4n) is 3.77. The highest BCUT2D eigenvalue weighted by Gasteiger charge is 2.39. The molecule has 1 aliphatic heterocycles. The predicted molar refractivity (Wildman–Crippen MR) is 102 cm³/mol. The van der Waals surface area contributed by atoms with E-state index in [1.807, 2.05) is 30.3 Å². The lowest BCUT2D eigenvalue weighted by Crippen LogP contribution is -2.30. The highest BCUT2D eigenvalue weighted by molar-refractivity contribution is 7.89. The van der Waals surface area contributed by atoms with Crippen molar-refractivity contribution in [1.29, 1.82) is 0 Å². The highest BCUT2D eigenvalue weighted by Crippen LogP contribution is 2.35. The molecule has 142 valence electrons. The first-order valence-corrected chi connectivity index (χ1v) is 10.2. The van der Waals surface area contributed by atoms with Gasteiger partial charge in [0.2, 0.25) is 10.0 Å². The van der Waals surface area contributed by atoms with E-state index in [2.05, 4.69) is 0 Å². The van der Waals surface area contributed by atoms with E-state index in [4.69, 9.17) is 10.2 Å². The Morgan fingerprint density at radius 2 is 1.89 bits per heavy atom. The van der Waals surface area contributed by atoms with Gasteiger partial charge in [-0.15, -0.1) is 0 Å². The maximum Gasteiger partial charge on any atom is 0.419 e. The van der Waals surface area contributed by atoms with Gasteiger partial charge in [0.25, 0.3) is 0 Å². The number of benzene rings is 2. The third kappa shape index (κ3) is 2.99. The predicted octanol–water partition coefficient (Wildman–Crippen LogP) is 1.49. The van der Waals surface area contributed by atoms with Gasteiger partial charge in [-0.05, 0) is 30.2 Å². The van der Waals surface area contributed by atoms with Gasteiger partial charge in [-0.2, -0.15) is 4.31 Å². The molecule has 2 N–H and O–H groups in total. The Kier molecular flexibility index (Phi) is 4.41. The van der Waals surface area contributed by atoms with Gasteiger partial charge in [-0.3, -0.25) is 4.57 Å². The number of nitrogens with zero attached hydrogens (tertiary/aromatic N) is 2. The summed E-state index contributed by atoms with van der Waals surface area (Å²) < 4.78 is 34.3. The molecule has 1 aromatic heterocycles. The first kappa shape index (κ1) is 18.0. The van der Waals surface area contributed by atoms with Gasteiger partial charge >= 0.3 is 5.76 Å². The lowest BCUT2D eigenvalue weighted by molar-refractivity contribution is 0.458. The number of aryl methyl sites for hydroxylation is 1. The summed E-state index contributed by atoms with van der Waals surface area (Å²) in [5.41, 5.74) is 7.84. The van der Waals surface area contributed by atoms with Gasteiger partial charge in [-0.1, -0.05) is 30.3 Å². The largest absolute Gasteiger partial charge is 0.419 e. The number of hydrogen-bond donors (Lipinski definition) is 1. The second-order valence-electron chi connectivity index (χ2n) is 6.89. The number of fused-ring (bicyclic) bond motifs is 1. The van der Waals surface area contributed by atoms with Gasteiger partial charge in [0, 0.05) is 32.1 Å². The van der Waals surface area contributed by atoms with E-state index in [1.54, 1.807) is 13.1 Å². The number of hydrogen-bond acceptors (Lipinski definition) is 5. The second kappa shape index (κ2) is 6.63. The Hall–Kier alpha value is -2.42. The van der Waals surface area contributed by atoms with Gasteiger partial charge in [-0.25, -0.2) is 13.2 Å². The summed E-state index contributed by atoms with van der Waals surface area (Å²) in [6, 6.07) is 14.4. The molecule has 2 heterocycles. The summed E-state index contributed by atoms with van der Waals surface area (Å²) in [6.45, 7) is 1.17. The van der Waals surface area contributed by atoms with Crippen LogP contribution < -0.4 is 11.5 Å². The first-order valence-electron chi connectivity index (χ1n) is 8.76. The van der Waals surface area contributed by atoms with Gasteiger partial charge in [0.05, 0.1) is 10.4 Å². The summed E-state index contributed by atoms with van der Waals surface area (Å²) in [7, 11) is -2.13. The molecular weight excluding hydrogens is 366 g/mol. The Morgan fingerprint density at radius 1 is 1.15 bits per heavy atom. The number of nitrogens with two attached hydrogens (primary N) is 1. The van der Waals surface area contributed by atoms with Crippen molar-refractivity contribution in [1.82, 2.24) is 8.87 Å². The molecular formula is C19H21N3O4S. The minimum atomic E-state index is -3.71. The molecule has 0 amide bonds. The minimum Gasteiger partial charge on any atom is -0.408 e. The van der Waals surface area contributed by atoms with Crippen molar-refractivity contribution in [2.45, 2.75) is 10.8 Å². The van der Waals surface area contributed by atoms with Crippen LogP contribution in [0.3, 0.4) is 0 Å². The third-order valence-corrected chi connectivity index (χ3v) is 7.17. The molecule has 0 radical (unpaired) electrons. The van der Waals surface area contributed by atoms with Crippen LogP contribution in [0.2, 0.25) is 0 Å². The van der Waals surface area contributed by atoms with Crippen molar-refractivity contribution in [3.8, 4) is 0 Å². The summed E-state index contributed by atoms with van der Waals surface area (Å²) in [6.07, 6.45) is 0. The summed E-state index contributed by atoms with van der Waals surface area (Å²) in [5, 5.41) is 0. The summed E-state index contributed by atoms with van der Waals surface area (Å²) in [4.78, 5) is 11.8. The molecule has 0 spiro atoms. The maximum atomic E-state index is 13.2. The SMILES string of the molecule is Cn1c(=O)oc2cc(S(=O)(=O)N3C[C@@H](CN)[C@H](c4ccccc4)C3)ccc21. The van der Waals surface area contributed by atoms with Crippen LogP contribution in [-0.4, -0.2) is 36.9 Å². The summed E-state index contributed by atoms with van der Waals surface area (Å²) in [5.74, 6) is -0.405. The smallest absolute Gasteiger partial charge is 0.408 e. The molecule has 0 bridgehead atoms. The zero-order valence-electron chi connectivity index (χ0n) is 14.9. The second-order valence-corrected chi connectivity index (χ2v) is 8.83. The molecule has 7 nitrogen and oxygen atoms in total. The Labute approximate surface area is 157 Å². The minimum absolute atomic E-state index is 0.0561. The van der Waals surface area contributed by atoms with Crippen LogP contribution in [0.1, 0.15) is 11.5 Å². The highest BCUT2D eigenvalue weighted by atomic mass is 32.2. The van der Waals surface area contributed by atoms with E-state index in [1.165, 1.54) is 21.0 Å². The topological polar surface area (TPSA) is 98.5 Å². The molecule has 2 atom stereocenters. The number of aromatic nitrogens is 1. The average Bonchev–Trinajstić information content (AvgIpc) is 3.24. The van der Waals surface area contributed by atoms with Crippen molar-refractivity contribution in [3.05, 3.63) is 64.6 Å². The standard InChI is InChI=1S/C19H21N3O4S/c1-21-17-8-7-15(9-18(17)26-19(21)23)27(24,25)22-11-14(10-20)16(12-22)13-5-3-2-4-6-13/h2-9,14,16H,10-12,20H2,1H3/t14-,16+/m1/s1. The summed E-state index contributed by atoms with van der Waals surface area (Å²) >= 11 is 0. The Balaban J connectivity index is 1.69. The zero-order valence-corrected chi connectivity index (χ0v) is 15.7. The molecule has 4 rings (SSSR count). The van der Waals surface area contributed by atoms with Crippen molar-refractivity contribution in [2.75, 3.05) is 19.6 Å². The fraction of sp³-hybridized carbons (Fsp3) is 0.316. The quantitative estimate of drug-likeness (QED) is 0.731. The van der Waals surface area contributed by atoms with Gasteiger partial charge < -0.3 is 10.2 Å². The van der Waals surface area contributed by atoms with Crippen LogP contribution in [0.5, 0.6) is 0 Å². The molecule has 8 heteroatoms. The lowest BCUT2D eigenvalue weighted by Gasteiger charge is -2.17. The van der Waals surface area contributed by atoms with Crippen LogP contribution in [0.15, 0.2) is 62.6 Å². The molecule has 3 aromatic rings. The van der Waals surface area contributed by atoms with Crippen molar-refractivity contribution in [2.24, 2.45) is 18.7 Å². The maximum absolute atomic E-state index is 13.2. The van der Waals surface area contributed by atoms with E-state index < -0.39 is 15.8 Å².